The molecule has 2 aromatic rings. The standard InChI is InChI=1S/C11H9ClN2S/c12-9-1-6-14-10(7-9)8-15-11-2-4-13-5-3-11/h1-7H,8H2. The van der Waals surface area contributed by atoms with E-state index in [4.69, 9.17) is 11.6 Å². The number of hydrogen-bond donors (Lipinski definition) is 0. The van der Waals surface area contributed by atoms with Crippen LogP contribution in [0.5, 0.6) is 0 Å². The molecule has 4 heteroatoms. The minimum atomic E-state index is 0.732. The molecular formula is C11H9ClN2S. The molecule has 0 aromatic carbocycles. The van der Waals surface area contributed by atoms with Gasteiger partial charge in [0.25, 0.3) is 0 Å². The summed E-state index contributed by atoms with van der Waals surface area (Å²) in [5, 5.41) is 0.732. The van der Waals surface area contributed by atoms with Crippen LogP contribution >= 0.6 is 23.4 Å². The Bertz CT molecular complexity index is 434. The predicted octanol–water partition coefficient (Wildman–Crippen LogP) is 3.42. The fraction of sp³-hybridized carbons (Fsp3) is 0.0909. The molecule has 2 nitrogen and oxygen atoms in total. The molecule has 0 aliphatic carbocycles. The molecule has 0 radical (unpaired) electrons. The number of nitrogens with zero attached hydrogens (tertiary/aromatic N) is 2. The predicted molar refractivity (Wildman–Crippen MR) is 63.0 cm³/mol. The van der Waals surface area contributed by atoms with Gasteiger partial charge in [-0.1, -0.05) is 11.6 Å². The van der Waals surface area contributed by atoms with Crippen LogP contribution in [0.25, 0.3) is 0 Å². The van der Waals surface area contributed by atoms with E-state index in [-0.39, 0.29) is 0 Å². The molecule has 0 unspecified atom stereocenters. The first-order chi connectivity index (χ1) is 7.34. The Labute approximate surface area is 97.7 Å². The van der Waals surface area contributed by atoms with Crippen LogP contribution in [0.15, 0.2) is 47.8 Å². The zero-order chi connectivity index (χ0) is 10.5. The Morgan fingerprint density at radius 3 is 2.67 bits per heavy atom. The molecule has 0 bridgehead atoms. The second-order valence-corrected chi connectivity index (χ2v) is 4.42. The van der Waals surface area contributed by atoms with Gasteiger partial charge in [-0.2, -0.15) is 0 Å². The highest BCUT2D eigenvalue weighted by molar-refractivity contribution is 7.98. The molecule has 0 saturated carbocycles. The highest BCUT2D eigenvalue weighted by atomic mass is 35.5. The van der Waals surface area contributed by atoms with Gasteiger partial charge in [-0.05, 0) is 24.3 Å². The van der Waals surface area contributed by atoms with Gasteiger partial charge in [-0.15, -0.1) is 11.8 Å². The maximum atomic E-state index is 5.87. The Morgan fingerprint density at radius 2 is 1.93 bits per heavy atom. The SMILES string of the molecule is Clc1ccnc(CSc2ccncc2)c1. The molecule has 15 heavy (non-hydrogen) atoms. The van der Waals surface area contributed by atoms with Crippen molar-refractivity contribution in [3.8, 4) is 0 Å². The van der Waals surface area contributed by atoms with Crippen molar-refractivity contribution in [2.75, 3.05) is 0 Å². The smallest absolute Gasteiger partial charge is 0.0521 e. The maximum absolute atomic E-state index is 5.87. The quantitative estimate of drug-likeness (QED) is 0.764. The van der Waals surface area contributed by atoms with E-state index in [2.05, 4.69) is 9.97 Å². The van der Waals surface area contributed by atoms with E-state index in [0.717, 1.165) is 16.5 Å². The average molecular weight is 237 g/mol. The summed E-state index contributed by atoms with van der Waals surface area (Å²) in [6.45, 7) is 0. The lowest BCUT2D eigenvalue weighted by atomic mass is 10.4. The molecule has 0 N–H and O–H groups in total. The van der Waals surface area contributed by atoms with Crippen LogP contribution in [0, 0.1) is 0 Å². The van der Waals surface area contributed by atoms with Crippen molar-refractivity contribution < 1.29 is 0 Å². The first-order valence-corrected chi connectivity index (χ1v) is 5.84. The van der Waals surface area contributed by atoms with Crippen LogP contribution in [-0.4, -0.2) is 9.97 Å². The summed E-state index contributed by atoms with van der Waals surface area (Å²) in [5.41, 5.74) is 0.990. The van der Waals surface area contributed by atoms with Gasteiger partial charge in [-0.3, -0.25) is 9.97 Å². The molecule has 0 aliphatic heterocycles. The van der Waals surface area contributed by atoms with Crippen LogP contribution in [0.2, 0.25) is 5.02 Å². The minimum absolute atomic E-state index is 0.732. The molecular weight excluding hydrogens is 228 g/mol. The number of pyridine rings is 2. The molecule has 0 atom stereocenters. The number of hydrogen-bond acceptors (Lipinski definition) is 3. The van der Waals surface area contributed by atoms with Gasteiger partial charge >= 0.3 is 0 Å². The molecule has 76 valence electrons. The molecule has 2 heterocycles. The zero-order valence-corrected chi connectivity index (χ0v) is 9.50. The van der Waals surface area contributed by atoms with Crippen molar-refractivity contribution in [1.82, 2.24) is 9.97 Å². The number of aromatic nitrogens is 2. The van der Waals surface area contributed by atoms with Crippen molar-refractivity contribution >= 4 is 23.4 Å². The molecule has 0 saturated heterocycles. The third-order valence-electron chi connectivity index (χ3n) is 1.82. The van der Waals surface area contributed by atoms with Crippen LogP contribution in [0.4, 0.5) is 0 Å². The van der Waals surface area contributed by atoms with Gasteiger partial charge in [-0.25, -0.2) is 0 Å². The third-order valence-corrected chi connectivity index (χ3v) is 3.10. The molecule has 0 amide bonds. The Kier molecular flexibility index (Phi) is 3.59. The molecule has 2 aromatic heterocycles. The number of thioether (sulfide) groups is 1. The van der Waals surface area contributed by atoms with Gasteiger partial charge < -0.3 is 0 Å². The summed E-state index contributed by atoms with van der Waals surface area (Å²) in [4.78, 5) is 9.38. The minimum Gasteiger partial charge on any atom is -0.265 e. The van der Waals surface area contributed by atoms with Gasteiger partial charge in [0, 0.05) is 34.3 Å². The largest absolute Gasteiger partial charge is 0.265 e. The highest BCUT2D eigenvalue weighted by Gasteiger charge is 1.97. The maximum Gasteiger partial charge on any atom is 0.0521 e. The second kappa shape index (κ2) is 5.14. The first kappa shape index (κ1) is 10.5. The van der Waals surface area contributed by atoms with Gasteiger partial charge in [0.05, 0.1) is 5.69 Å². The molecule has 0 fully saturated rings. The fourth-order valence-corrected chi connectivity index (χ4v) is 2.09. The summed E-state index contributed by atoms with van der Waals surface area (Å²) < 4.78 is 0. The monoisotopic (exact) mass is 236 g/mol. The van der Waals surface area contributed by atoms with Crippen molar-refractivity contribution in [2.24, 2.45) is 0 Å². The van der Waals surface area contributed by atoms with E-state index in [9.17, 15) is 0 Å². The van der Waals surface area contributed by atoms with Crippen molar-refractivity contribution in [3.05, 3.63) is 53.6 Å². The van der Waals surface area contributed by atoms with Crippen LogP contribution in [0.3, 0.4) is 0 Å². The second-order valence-electron chi connectivity index (χ2n) is 2.94. The summed E-state index contributed by atoms with van der Waals surface area (Å²) in [5.74, 6) is 0.824. The Hall–Kier alpha value is -1.06. The third kappa shape index (κ3) is 3.22. The number of halogens is 1. The lowest BCUT2D eigenvalue weighted by molar-refractivity contribution is 1.17. The van der Waals surface area contributed by atoms with E-state index >= 15 is 0 Å². The number of rotatable bonds is 3. The zero-order valence-electron chi connectivity index (χ0n) is 7.93. The Balaban J connectivity index is 1.99. The van der Waals surface area contributed by atoms with Gasteiger partial charge in [0.15, 0.2) is 0 Å². The Morgan fingerprint density at radius 1 is 1.13 bits per heavy atom. The molecule has 2 rings (SSSR count). The lowest BCUT2D eigenvalue weighted by Crippen LogP contribution is -1.85. The highest BCUT2D eigenvalue weighted by Crippen LogP contribution is 2.21. The van der Waals surface area contributed by atoms with E-state index in [1.165, 1.54) is 4.90 Å². The lowest BCUT2D eigenvalue weighted by Gasteiger charge is -2.00. The fourth-order valence-electron chi connectivity index (χ4n) is 1.12. The van der Waals surface area contributed by atoms with Gasteiger partial charge in [0.1, 0.15) is 0 Å². The normalized spacial score (nSPS) is 10.2. The van der Waals surface area contributed by atoms with E-state index in [0.29, 0.717) is 0 Å². The van der Waals surface area contributed by atoms with Crippen molar-refractivity contribution in [2.45, 2.75) is 10.6 Å². The first-order valence-electron chi connectivity index (χ1n) is 4.48. The van der Waals surface area contributed by atoms with Crippen molar-refractivity contribution in [3.63, 3.8) is 0 Å². The average Bonchev–Trinajstić information content (AvgIpc) is 2.28. The van der Waals surface area contributed by atoms with E-state index in [1.54, 1.807) is 36.4 Å². The van der Waals surface area contributed by atoms with Crippen molar-refractivity contribution in [1.29, 1.82) is 0 Å². The van der Waals surface area contributed by atoms with Crippen LogP contribution in [0.1, 0.15) is 5.69 Å². The van der Waals surface area contributed by atoms with Crippen LogP contribution < -0.4 is 0 Å². The van der Waals surface area contributed by atoms with E-state index < -0.39 is 0 Å². The van der Waals surface area contributed by atoms with Crippen LogP contribution in [-0.2, 0) is 5.75 Å². The topological polar surface area (TPSA) is 25.8 Å². The molecule has 0 aliphatic rings. The summed E-state index contributed by atoms with van der Waals surface area (Å²) in [7, 11) is 0. The van der Waals surface area contributed by atoms with E-state index in [1.807, 2.05) is 18.2 Å². The molecule has 0 spiro atoms. The summed E-state index contributed by atoms with van der Waals surface area (Å²) >= 11 is 7.59. The summed E-state index contributed by atoms with van der Waals surface area (Å²) in [6, 6.07) is 7.63. The van der Waals surface area contributed by atoms with Gasteiger partial charge in [0.2, 0.25) is 0 Å². The summed E-state index contributed by atoms with van der Waals surface area (Å²) in [6.07, 6.45) is 5.30.